The van der Waals surface area contributed by atoms with Crippen molar-refractivity contribution in [3.8, 4) is 0 Å². The van der Waals surface area contributed by atoms with E-state index in [1.165, 1.54) is 0 Å². The summed E-state index contributed by atoms with van der Waals surface area (Å²) in [4.78, 5) is 6.37. The molecule has 0 unspecified atom stereocenters. The third-order valence-corrected chi connectivity index (χ3v) is 2.64. The minimum absolute atomic E-state index is 0.146. The quantitative estimate of drug-likeness (QED) is 0.814. The summed E-state index contributed by atoms with van der Waals surface area (Å²) in [6.45, 7) is 5.12. The molecule has 1 aromatic rings. The number of nitrogens with two attached hydrogens (primary N) is 1. The minimum atomic E-state index is -0.146. The molecule has 0 aliphatic carbocycles. The van der Waals surface area contributed by atoms with Crippen LogP contribution in [-0.2, 0) is 4.74 Å². The standard InChI is InChI=1S/C10H18N4O2/c1-2-3-8(11)9-12-10(13-16-9)14-4-6-15-7-5-14/h8H,2-7,11H2,1H3/t8-/m0/s1. The molecule has 1 atom stereocenters. The van der Waals surface area contributed by atoms with Gasteiger partial charge in [-0.1, -0.05) is 13.3 Å². The SMILES string of the molecule is CCC[C@H](N)c1nc(N2CCOCC2)no1. The average molecular weight is 226 g/mol. The molecule has 1 aliphatic rings. The Balaban J connectivity index is 2.00. The van der Waals surface area contributed by atoms with Crippen molar-refractivity contribution in [1.82, 2.24) is 10.1 Å². The fourth-order valence-electron chi connectivity index (χ4n) is 1.70. The number of hydrogen-bond acceptors (Lipinski definition) is 6. The van der Waals surface area contributed by atoms with E-state index < -0.39 is 0 Å². The van der Waals surface area contributed by atoms with Gasteiger partial charge in [-0.15, -0.1) is 0 Å². The van der Waals surface area contributed by atoms with Gasteiger partial charge in [0.2, 0.25) is 5.89 Å². The summed E-state index contributed by atoms with van der Waals surface area (Å²) >= 11 is 0. The summed E-state index contributed by atoms with van der Waals surface area (Å²) < 4.78 is 10.4. The summed E-state index contributed by atoms with van der Waals surface area (Å²) in [5, 5.41) is 3.95. The number of rotatable bonds is 4. The smallest absolute Gasteiger partial charge is 0.266 e. The molecule has 2 rings (SSSR count). The summed E-state index contributed by atoms with van der Waals surface area (Å²) in [6.07, 6.45) is 1.88. The number of ether oxygens (including phenoxy) is 1. The van der Waals surface area contributed by atoms with Gasteiger partial charge in [-0.3, -0.25) is 0 Å². The molecule has 0 amide bonds. The average Bonchev–Trinajstić information content (AvgIpc) is 2.80. The predicted octanol–water partition coefficient (Wildman–Crippen LogP) is 0.706. The monoisotopic (exact) mass is 226 g/mol. The van der Waals surface area contributed by atoms with E-state index in [4.69, 9.17) is 15.0 Å². The van der Waals surface area contributed by atoms with Crippen LogP contribution in [0.3, 0.4) is 0 Å². The lowest BCUT2D eigenvalue weighted by molar-refractivity contribution is 0.121. The Kier molecular flexibility index (Phi) is 3.74. The second-order valence-corrected chi connectivity index (χ2v) is 3.93. The zero-order chi connectivity index (χ0) is 11.4. The van der Waals surface area contributed by atoms with Gasteiger partial charge in [0.1, 0.15) is 0 Å². The van der Waals surface area contributed by atoms with Gasteiger partial charge in [0.05, 0.1) is 19.3 Å². The highest BCUT2D eigenvalue weighted by atomic mass is 16.5. The number of nitrogens with zero attached hydrogens (tertiary/aromatic N) is 3. The first-order chi connectivity index (χ1) is 7.81. The minimum Gasteiger partial charge on any atom is -0.378 e. The highest BCUT2D eigenvalue weighted by Crippen LogP contribution is 2.17. The maximum Gasteiger partial charge on any atom is 0.266 e. The maximum atomic E-state index is 5.91. The summed E-state index contributed by atoms with van der Waals surface area (Å²) in [6, 6.07) is -0.146. The van der Waals surface area contributed by atoms with Crippen molar-refractivity contribution in [2.24, 2.45) is 5.73 Å². The van der Waals surface area contributed by atoms with Crippen molar-refractivity contribution in [2.45, 2.75) is 25.8 Å². The second-order valence-electron chi connectivity index (χ2n) is 3.93. The van der Waals surface area contributed by atoms with E-state index in [1.807, 2.05) is 0 Å². The first-order valence-corrected chi connectivity index (χ1v) is 5.73. The zero-order valence-electron chi connectivity index (χ0n) is 9.56. The van der Waals surface area contributed by atoms with Gasteiger partial charge in [-0.25, -0.2) is 0 Å². The van der Waals surface area contributed by atoms with Crippen molar-refractivity contribution in [3.05, 3.63) is 5.89 Å². The molecular formula is C10H18N4O2. The molecule has 0 radical (unpaired) electrons. The molecule has 0 aromatic carbocycles. The van der Waals surface area contributed by atoms with Gasteiger partial charge in [0.25, 0.3) is 5.95 Å². The molecule has 1 saturated heterocycles. The lowest BCUT2D eigenvalue weighted by Crippen LogP contribution is -2.36. The Hall–Kier alpha value is -1.14. The molecule has 2 N–H and O–H groups in total. The van der Waals surface area contributed by atoms with Crippen LogP contribution < -0.4 is 10.6 Å². The van der Waals surface area contributed by atoms with Crippen LogP contribution in [0, 0.1) is 0 Å². The van der Waals surface area contributed by atoms with Gasteiger partial charge < -0.3 is 19.9 Å². The van der Waals surface area contributed by atoms with E-state index in [-0.39, 0.29) is 6.04 Å². The lowest BCUT2D eigenvalue weighted by atomic mass is 10.2. The Morgan fingerprint density at radius 1 is 1.44 bits per heavy atom. The van der Waals surface area contributed by atoms with Crippen LogP contribution >= 0.6 is 0 Å². The van der Waals surface area contributed by atoms with E-state index in [2.05, 4.69) is 22.0 Å². The first-order valence-electron chi connectivity index (χ1n) is 5.73. The van der Waals surface area contributed by atoms with Crippen LogP contribution in [0.25, 0.3) is 0 Å². The molecule has 1 fully saturated rings. The van der Waals surface area contributed by atoms with Gasteiger partial charge in [0, 0.05) is 13.1 Å². The Bertz CT molecular complexity index is 322. The van der Waals surface area contributed by atoms with E-state index in [0.29, 0.717) is 25.1 Å². The van der Waals surface area contributed by atoms with Crippen molar-refractivity contribution < 1.29 is 9.26 Å². The summed E-state index contributed by atoms with van der Waals surface area (Å²) in [5.41, 5.74) is 5.91. The van der Waals surface area contributed by atoms with Gasteiger partial charge >= 0.3 is 0 Å². The number of aromatic nitrogens is 2. The molecule has 0 spiro atoms. The largest absolute Gasteiger partial charge is 0.378 e. The number of anilines is 1. The van der Waals surface area contributed by atoms with Crippen LogP contribution in [-0.4, -0.2) is 36.4 Å². The Labute approximate surface area is 94.7 Å². The molecule has 16 heavy (non-hydrogen) atoms. The molecule has 0 bridgehead atoms. The second kappa shape index (κ2) is 5.27. The van der Waals surface area contributed by atoms with E-state index in [1.54, 1.807) is 0 Å². The summed E-state index contributed by atoms with van der Waals surface area (Å²) in [5.74, 6) is 1.16. The molecule has 1 aliphatic heterocycles. The maximum absolute atomic E-state index is 5.91. The highest BCUT2D eigenvalue weighted by Gasteiger charge is 2.19. The zero-order valence-corrected chi connectivity index (χ0v) is 9.56. The van der Waals surface area contributed by atoms with Crippen LogP contribution in [0.15, 0.2) is 4.52 Å². The fraction of sp³-hybridized carbons (Fsp3) is 0.800. The molecule has 1 aromatic heterocycles. The van der Waals surface area contributed by atoms with Gasteiger partial charge in [-0.05, 0) is 11.6 Å². The Morgan fingerprint density at radius 2 is 2.19 bits per heavy atom. The van der Waals surface area contributed by atoms with Gasteiger partial charge in [-0.2, -0.15) is 4.98 Å². The van der Waals surface area contributed by atoms with Crippen LogP contribution in [0.2, 0.25) is 0 Å². The molecule has 0 saturated carbocycles. The summed E-state index contributed by atoms with van der Waals surface area (Å²) in [7, 11) is 0. The number of morpholine rings is 1. The van der Waals surface area contributed by atoms with Crippen LogP contribution in [0.5, 0.6) is 0 Å². The highest BCUT2D eigenvalue weighted by molar-refractivity contribution is 5.28. The van der Waals surface area contributed by atoms with Crippen molar-refractivity contribution in [1.29, 1.82) is 0 Å². The molecule has 6 heteroatoms. The molecular weight excluding hydrogens is 208 g/mol. The van der Waals surface area contributed by atoms with Crippen LogP contribution in [0.1, 0.15) is 31.7 Å². The van der Waals surface area contributed by atoms with Crippen LogP contribution in [0.4, 0.5) is 5.95 Å². The first kappa shape index (κ1) is 11.3. The molecule has 90 valence electrons. The topological polar surface area (TPSA) is 77.4 Å². The normalized spacial score (nSPS) is 18.8. The van der Waals surface area contributed by atoms with Crippen molar-refractivity contribution >= 4 is 5.95 Å². The van der Waals surface area contributed by atoms with Crippen molar-refractivity contribution in [3.63, 3.8) is 0 Å². The number of hydrogen-bond donors (Lipinski definition) is 1. The predicted molar refractivity (Wildman–Crippen MR) is 59.2 cm³/mol. The van der Waals surface area contributed by atoms with E-state index in [9.17, 15) is 0 Å². The molecule has 6 nitrogen and oxygen atoms in total. The third-order valence-electron chi connectivity index (χ3n) is 2.64. The van der Waals surface area contributed by atoms with Gasteiger partial charge in [0.15, 0.2) is 0 Å². The van der Waals surface area contributed by atoms with Crippen molar-refractivity contribution in [2.75, 3.05) is 31.2 Å². The lowest BCUT2D eigenvalue weighted by Gasteiger charge is -2.24. The molecule has 2 heterocycles. The van der Waals surface area contributed by atoms with E-state index in [0.717, 1.165) is 25.9 Å². The third kappa shape index (κ3) is 2.51. The fourth-order valence-corrected chi connectivity index (χ4v) is 1.70. The Morgan fingerprint density at radius 3 is 2.88 bits per heavy atom. The van der Waals surface area contributed by atoms with E-state index >= 15 is 0 Å².